The molecule has 0 aliphatic rings. The molecule has 0 aliphatic carbocycles. The van der Waals surface area contributed by atoms with E-state index in [1.165, 1.54) is 16.3 Å². The summed E-state index contributed by atoms with van der Waals surface area (Å²) in [5.41, 5.74) is 0. The summed E-state index contributed by atoms with van der Waals surface area (Å²) in [6.07, 6.45) is -0.489. The molecule has 15 heavy (non-hydrogen) atoms. The minimum absolute atomic E-state index is 0.0358. The van der Waals surface area contributed by atoms with Crippen LogP contribution >= 0.6 is 0 Å². The summed E-state index contributed by atoms with van der Waals surface area (Å²) >= 11 is 0. The molecule has 0 aromatic heterocycles. The topological polar surface area (TPSA) is 79.2 Å². The molecule has 3 N–H and O–H groups in total. The smallest absolute Gasteiger partial charge is 0.101 e. The van der Waals surface area contributed by atoms with Crippen molar-refractivity contribution in [3.8, 4) is 0 Å². The molecule has 0 spiro atoms. The molecule has 0 radical (unpaired) electrons. The molecule has 0 rings (SSSR count). The molecule has 2 atom stereocenters. The number of hydrogen-bond acceptors (Lipinski definition) is 5. The Kier molecular flexibility index (Phi) is 10.5. The molecule has 2 unspecified atom stereocenters. The van der Waals surface area contributed by atoms with Crippen molar-refractivity contribution in [2.24, 2.45) is 0 Å². The van der Waals surface area contributed by atoms with Crippen LogP contribution in [0.2, 0.25) is 6.04 Å². The van der Waals surface area contributed by atoms with Crippen LogP contribution in [0.3, 0.4) is 0 Å². The molecule has 5 nitrogen and oxygen atoms in total. The maximum atomic E-state index is 9.35. The van der Waals surface area contributed by atoms with Crippen molar-refractivity contribution < 1.29 is 24.8 Å². The third-order valence-corrected chi connectivity index (χ3v) is 2.49. The van der Waals surface area contributed by atoms with E-state index < -0.39 is 12.2 Å². The van der Waals surface area contributed by atoms with E-state index in [-0.39, 0.29) is 26.4 Å². The van der Waals surface area contributed by atoms with Crippen LogP contribution in [0.15, 0.2) is 0 Å². The second-order valence-corrected chi connectivity index (χ2v) is 4.46. The van der Waals surface area contributed by atoms with E-state index in [0.717, 1.165) is 6.42 Å². The van der Waals surface area contributed by atoms with Gasteiger partial charge in [-0.2, -0.15) is 0 Å². The first kappa shape index (κ1) is 15.0. The lowest BCUT2D eigenvalue weighted by molar-refractivity contribution is -0.0477. The zero-order valence-corrected chi connectivity index (χ0v) is 11.3. The van der Waals surface area contributed by atoms with E-state index in [1.807, 2.05) is 0 Å². The van der Waals surface area contributed by atoms with Gasteiger partial charge in [0.05, 0.1) is 26.4 Å². The van der Waals surface area contributed by atoms with E-state index in [0.29, 0.717) is 6.61 Å². The van der Waals surface area contributed by atoms with Crippen LogP contribution in [0, 0.1) is 0 Å². The molecule has 0 heterocycles. The second-order valence-electron chi connectivity index (χ2n) is 3.46. The number of rotatable bonds is 10. The van der Waals surface area contributed by atoms with Crippen LogP contribution in [0.25, 0.3) is 0 Å². The quantitative estimate of drug-likeness (QED) is 0.300. The first-order valence-corrected chi connectivity index (χ1v) is 6.74. The molecule has 0 saturated heterocycles. The average Bonchev–Trinajstić information content (AvgIpc) is 2.24. The molecule has 0 aromatic rings. The molecule has 0 aliphatic heterocycles. The summed E-state index contributed by atoms with van der Waals surface area (Å²) in [5, 5.41) is 26.8. The summed E-state index contributed by atoms with van der Waals surface area (Å²) < 4.78 is 10.2. The molecule has 0 bridgehead atoms. The standard InChI is InChI=1S/C9H22O5Si/c10-4-8(11)5-14-7-9(12)6-13-2-1-3-15/h8-12H,1-7H2,15H3. The van der Waals surface area contributed by atoms with Gasteiger partial charge in [0.25, 0.3) is 0 Å². The Morgan fingerprint density at radius 1 is 1.00 bits per heavy atom. The summed E-state index contributed by atoms with van der Waals surface area (Å²) in [6.45, 7) is 0.773. The van der Waals surface area contributed by atoms with E-state index in [2.05, 4.69) is 0 Å². The summed E-state index contributed by atoms with van der Waals surface area (Å²) in [6, 6.07) is 1.20. The largest absolute Gasteiger partial charge is 0.394 e. The monoisotopic (exact) mass is 238 g/mol. The van der Waals surface area contributed by atoms with Gasteiger partial charge in [-0.25, -0.2) is 0 Å². The first-order valence-electron chi connectivity index (χ1n) is 5.33. The number of ether oxygens (including phenoxy) is 2. The SMILES string of the molecule is OCC(O)COCC(O)COCCC[SiH3]. The summed E-state index contributed by atoms with van der Waals surface area (Å²) in [4.78, 5) is 0. The van der Waals surface area contributed by atoms with Gasteiger partial charge in [0.15, 0.2) is 0 Å². The van der Waals surface area contributed by atoms with Crippen LogP contribution in [0.1, 0.15) is 6.42 Å². The molecule has 0 amide bonds. The van der Waals surface area contributed by atoms with Crippen LogP contribution in [0.5, 0.6) is 0 Å². The lowest BCUT2D eigenvalue weighted by Crippen LogP contribution is -2.26. The fraction of sp³-hybridized carbons (Fsp3) is 1.00. The predicted octanol–water partition coefficient (Wildman–Crippen LogP) is -2.09. The zero-order chi connectivity index (χ0) is 11.5. The van der Waals surface area contributed by atoms with Gasteiger partial charge >= 0.3 is 0 Å². The highest BCUT2D eigenvalue weighted by atomic mass is 28.1. The number of aliphatic hydroxyl groups is 3. The minimum atomic E-state index is -0.872. The highest BCUT2D eigenvalue weighted by Gasteiger charge is 2.06. The van der Waals surface area contributed by atoms with Gasteiger partial charge < -0.3 is 24.8 Å². The van der Waals surface area contributed by atoms with Crippen LogP contribution in [0.4, 0.5) is 0 Å². The third kappa shape index (κ3) is 10.3. The Morgan fingerprint density at radius 3 is 2.20 bits per heavy atom. The van der Waals surface area contributed by atoms with Crippen LogP contribution in [-0.4, -0.2) is 70.8 Å². The van der Waals surface area contributed by atoms with Gasteiger partial charge in [0, 0.05) is 16.8 Å². The Labute approximate surface area is 93.4 Å². The molecular formula is C9H22O5Si. The third-order valence-electron chi connectivity index (χ3n) is 1.78. The summed E-state index contributed by atoms with van der Waals surface area (Å²) in [7, 11) is 1.18. The van der Waals surface area contributed by atoms with Crippen molar-refractivity contribution in [1.29, 1.82) is 0 Å². The van der Waals surface area contributed by atoms with Crippen molar-refractivity contribution in [1.82, 2.24) is 0 Å². The Balaban J connectivity index is 3.21. The highest BCUT2D eigenvalue weighted by Crippen LogP contribution is 1.92. The highest BCUT2D eigenvalue weighted by molar-refractivity contribution is 6.08. The van der Waals surface area contributed by atoms with Crippen molar-refractivity contribution >= 4 is 10.2 Å². The molecule has 92 valence electrons. The maximum Gasteiger partial charge on any atom is 0.101 e. The lowest BCUT2D eigenvalue weighted by atomic mass is 10.4. The van der Waals surface area contributed by atoms with Gasteiger partial charge in [-0.1, -0.05) is 6.04 Å². The first-order chi connectivity index (χ1) is 7.20. The molecular weight excluding hydrogens is 216 g/mol. The lowest BCUT2D eigenvalue weighted by Gasteiger charge is -2.13. The van der Waals surface area contributed by atoms with Crippen molar-refractivity contribution in [3.63, 3.8) is 0 Å². The summed E-state index contributed by atoms with van der Waals surface area (Å²) in [5.74, 6) is 0. The fourth-order valence-electron chi connectivity index (χ4n) is 0.907. The number of aliphatic hydroxyl groups excluding tert-OH is 3. The fourth-order valence-corrected chi connectivity index (χ4v) is 1.20. The van der Waals surface area contributed by atoms with E-state index in [4.69, 9.17) is 19.7 Å². The molecule has 0 aromatic carbocycles. The van der Waals surface area contributed by atoms with Crippen molar-refractivity contribution in [2.45, 2.75) is 24.7 Å². The number of hydrogen-bond donors (Lipinski definition) is 3. The van der Waals surface area contributed by atoms with Crippen LogP contribution in [-0.2, 0) is 9.47 Å². The van der Waals surface area contributed by atoms with Gasteiger partial charge in [-0.15, -0.1) is 0 Å². The van der Waals surface area contributed by atoms with E-state index in [1.54, 1.807) is 0 Å². The Bertz CT molecular complexity index is 136. The second kappa shape index (κ2) is 10.5. The van der Waals surface area contributed by atoms with Gasteiger partial charge in [-0.05, 0) is 6.42 Å². The molecule has 0 saturated carbocycles. The van der Waals surface area contributed by atoms with E-state index in [9.17, 15) is 5.11 Å². The van der Waals surface area contributed by atoms with Gasteiger partial charge in [0.2, 0.25) is 0 Å². The molecule has 6 heteroatoms. The normalized spacial score (nSPS) is 15.4. The van der Waals surface area contributed by atoms with Gasteiger partial charge in [0.1, 0.15) is 12.2 Å². The Hall–Kier alpha value is 0.0169. The van der Waals surface area contributed by atoms with Crippen LogP contribution < -0.4 is 0 Å². The molecule has 0 fully saturated rings. The van der Waals surface area contributed by atoms with Crippen molar-refractivity contribution in [2.75, 3.05) is 33.0 Å². The predicted molar refractivity (Wildman–Crippen MR) is 60.1 cm³/mol. The minimum Gasteiger partial charge on any atom is -0.394 e. The van der Waals surface area contributed by atoms with Gasteiger partial charge in [-0.3, -0.25) is 0 Å². The average molecular weight is 238 g/mol. The maximum absolute atomic E-state index is 9.35. The zero-order valence-electron chi connectivity index (χ0n) is 9.26. The van der Waals surface area contributed by atoms with Crippen molar-refractivity contribution in [3.05, 3.63) is 0 Å². The Morgan fingerprint density at radius 2 is 1.60 bits per heavy atom. The van der Waals surface area contributed by atoms with E-state index >= 15 is 0 Å².